The van der Waals surface area contributed by atoms with E-state index in [4.69, 9.17) is 0 Å². The summed E-state index contributed by atoms with van der Waals surface area (Å²) in [4.78, 5) is 2.80. The van der Waals surface area contributed by atoms with E-state index in [0.717, 1.165) is 18.5 Å². The fourth-order valence-electron chi connectivity index (χ4n) is 3.64. The predicted octanol–water partition coefficient (Wildman–Crippen LogP) is 4.24. The second-order valence-corrected chi connectivity index (χ2v) is 6.84. The molecule has 2 heteroatoms. The Bertz CT molecular complexity index is 388. The molecule has 118 valence electrons. The zero-order chi connectivity index (χ0) is 15.1. The van der Waals surface area contributed by atoms with Crippen LogP contribution in [0.3, 0.4) is 0 Å². The second kappa shape index (κ2) is 8.55. The fraction of sp³-hybridized carbons (Fsp3) is 0.684. The zero-order valence-electron chi connectivity index (χ0n) is 14.0. The molecule has 2 atom stereocenters. The molecule has 0 spiro atoms. The Balaban J connectivity index is 2.16. The number of nitrogens with one attached hydrogen (secondary N) is 1. The Kier molecular flexibility index (Phi) is 6.72. The average molecular weight is 288 g/mol. The van der Waals surface area contributed by atoms with Crippen LogP contribution in [0.4, 0.5) is 0 Å². The maximum atomic E-state index is 3.33. The van der Waals surface area contributed by atoms with Crippen molar-refractivity contribution in [3.63, 3.8) is 0 Å². The lowest BCUT2D eigenvalue weighted by molar-refractivity contribution is 0.0768. The molecule has 2 rings (SSSR count). The molecular formula is C19H32N2. The monoisotopic (exact) mass is 288 g/mol. The molecule has 1 saturated heterocycles. The second-order valence-electron chi connectivity index (χ2n) is 6.84. The van der Waals surface area contributed by atoms with E-state index in [0.29, 0.717) is 6.04 Å². The van der Waals surface area contributed by atoms with Crippen LogP contribution in [0, 0.1) is 5.92 Å². The van der Waals surface area contributed by atoms with E-state index in [1.165, 1.54) is 44.2 Å². The summed E-state index contributed by atoms with van der Waals surface area (Å²) in [7, 11) is 2.07. The summed E-state index contributed by atoms with van der Waals surface area (Å²) in [6.07, 6.45) is 6.66. The minimum atomic E-state index is 0.591. The zero-order valence-corrected chi connectivity index (χ0v) is 14.0. The summed E-state index contributed by atoms with van der Waals surface area (Å²) in [5.41, 5.74) is 1.50. The minimum Gasteiger partial charge on any atom is -0.320 e. The summed E-state index contributed by atoms with van der Waals surface area (Å²) in [6, 6.07) is 12.5. The highest BCUT2D eigenvalue weighted by molar-refractivity contribution is 5.19. The van der Waals surface area contributed by atoms with Gasteiger partial charge in [-0.1, -0.05) is 50.6 Å². The van der Waals surface area contributed by atoms with E-state index < -0.39 is 0 Å². The molecule has 1 heterocycles. The van der Waals surface area contributed by atoms with Crippen molar-refractivity contribution in [1.29, 1.82) is 0 Å². The molecule has 1 aromatic rings. The maximum absolute atomic E-state index is 3.33. The molecule has 0 bridgehead atoms. The van der Waals surface area contributed by atoms with Crippen LogP contribution in [0.15, 0.2) is 30.3 Å². The lowest BCUT2D eigenvalue weighted by Gasteiger charge is -2.42. The standard InChI is InChI=1S/C19H32N2/c1-16(2)15-19(17-9-5-4-6-10-17)21-14-8-7-11-18(21)12-13-20-3/h4-6,9-10,16,18-20H,7-8,11-15H2,1-3H3. The Hall–Kier alpha value is -0.860. The van der Waals surface area contributed by atoms with Gasteiger partial charge in [-0.25, -0.2) is 0 Å². The Morgan fingerprint density at radius 2 is 1.95 bits per heavy atom. The van der Waals surface area contributed by atoms with Crippen molar-refractivity contribution < 1.29 is 0 Å². The fourth-order valence-corrected chi connectivity index (χ4v) is 3.64. The van der Waals surface area contributed by atoms with Gasteiger partial charge in [0.05, 0.1) is 0 Å². The van der Waals surface area contributed by atoms with E-state index in [9.17, 15) is 0 Å². The molecular weight excluding hydrogens is 256 g/mol. The van der Waals surface area contributed by atoms with Crippen molar-refractivity contribution in [3.05, 3.63) is 35.9 Å². The van der Waals surface area contributed by atoms with E-state index in [2.05, 4.69) is 61.4 Å². The van der Waals surface area contributed by atoms with Gasteiger partial charge in [-0.2, -0.15) is 0 Å². The van der Waals surface area contributed by atoms with Crippen molar-refractivity contribution in [1.82, 2.24) is 10.2 Å². The SMILES string of the molecule is CNCCC1CCCCN1C(CC(C)C)c1ccccc1. The summed E-state index contributed by atoms with van der Waals surface area (Å²) >= 11 is 0. The van der Waals surface area contributed by atoms with E-state index in [1.54, 1.807) is 0 Å². The summed E-state index contributed by atoms with van der Waals surface area (Å²) in [5, 5.41) is 3.33. The van der Waals surface area contributed by atoms with Crippen molar-refractivity contribution in [3.8, 4) is 0 Å². The molecule has 2 unspecified atom stereocenters. The first-order chi connectivity index (χ1) is 10.2. The van der Waals surface area contributed by atoms with Crippen LogP contribution in [0.1, 0.15) is 57.6 Å². The van der Waals surface area contributed by atoms with Gasteiger partial charge in [0.1, 0.15) is 0 Å². The van der Waals surface area contributed by atoms with Gasteiger partial charge in [0.2, 0.25) is 0 Å². The predicted molar refractivity (Wildman–Crippen MR) is 91.5 cm³/mol. The number of hydrogen-bond donors (Lipinski definition) is 1. The van der Waals surface area contributed by atoms with Gasteiger partial charge in [0.15, 0.2) is 0 Å². The van der Waals surface area contributed by atoms with Gasteiger partial charge >= 0.3 is 0 Å². The highest BCUT2D eigenvalue weighted by Gasteiger charge is 2.29. The van der Waals surface area contributed by atoms with Crippen molar-refractivity contribution in [2.45, 2.75) is 58.0 Å². The van der Waals surface area contributed by atoms with Gasteiger partial charge in [-0.3, -0.25) is 4.90 Å². The molecule has 1 aliphatic rings. The first-order valence-corrected chi connectivity index (χ1v) is 8.67. The molecule has 1 aromatic carbocycles. The minimum absolute atomic E-state index is 0.591. The molecule has 0 amide bonds. The molecule has 0 radical (unpaired) electrons. The largest absolute Gasteiger partial charge is 0.320 e. The topological polar surface area (TPSA) is 15.3 Å². The van der Waals surface area contributed by atoms with Gasteiger partial charge in [-0.05, 0) is 57.3 Å². The molecule has 1 fully saturated rings. The number of nitrogens with zero attached hydrogens (tertiary/aromatic N) is 1. The normalized spacial score (nSPS) is 21.6. The van der Waals surface area contributed by atoms with Crippen molar-refractivity contribution >= 4 is 0 Å². The molecule has 0 aliphatic carbocycles. The van der Waals surface area contributed by atoms with Crippen LogP contribution in [0.25, 0.3) is 0 Å². The molecule has 0 saturated carbocycles. The average Bonchev–Trinajstić information content (AvgIpc) is 2.52. The molecule has 1 aliphatic heterocycles. The molecule has 0 aromatic heterocycles. The van der Waals surface area contributed by atoms with Gasteiger partial charge in [-0.15, -0.1) is 0 Å². The number of hydrogen-bond acceptors (Lipinski definition) is 2. The van der Waals surface area contributed by atoms with Gasteiger partial charge in [0.25, 0.3) is 0 Å². The summed E-state index contributed by atoms with van der Waals surface area (Å²) in [5.74, 6) is 0.738. The van der Waals surface area contributed by atoms with E-state index in [-0.39, 0.29) is 0 Å². The lowest BCUT2D eigenvalue weighted by Crippen LogP contribution is -2.43. The quantitative estimate of drug-likeness (QED) is 0.807. The van der Waals surface area contributed by atoms with Crippen LogP contribution < -0.4 is 5.32 Å². The Labute approximate surface area is 130 Å². The summed E-state index contributed by atoms with van der Waals surface area (Å²) < 4.78 is 0. The van der Waals surface area contributed by atoms with Crippen LogP contribution >= 0.6 is 0 Å². The van der Waals surface area contributed by atoms with Crippen molar-refractivity contribution in [2.75, 3.05) is 20.1 Å². The number of benzene rings is 1. The van der Waals surface area contributed by atoms with Gasteiger partial charge in [0, 0.05) is 12.1 Å². The van der Waals surface area contributed by atoms with Crippen LogP contribution in [0.2, 0.25) is 0 Å². The third-order valence-electron chi connectivity index (χ3n) is 4.68. The smallest absolute Gasteiger partial charge is 0.0353 e. The lowest BCUT2D eigenvalue weighted by atomic mass is 9.90. The third-order valence-corrected chi connectivity index (χ3v) is 4.68. The summed E-state index contributed by atoms with van der Waals surface area (Å²) in [6.45, 7) is 7.09. The first-order valence-electron chi connectivity index (χ1n) is 8.67. The highest BCUT2D eigenvalue weighted by atomic mass is 15.2. The Morgan fingerprint density at radius 3 is 2.62 bits per heavy atom. The van der Waals surface area contributed by atoms with Crippen LogP contribution in [-0.4, -0.2) is 31.1 Å². The van der Waals surface area contributed by atoms with Crippen LogP contribution in [-0.2, 0) is 0 Å². The van der Waals surface area contributed by atoms with Crippen LogP contribution in [0.5, 0.6) is 0 Å². The molecule has 1 N–H and O–H groups in total. The highest BCUT2D eigenvalue weighted by Crippen LogP contribution is 2.34. The number of piperidine rings is 1. The molecule has 2 nitrogen and oxygen atoms in total. The number of rotatable bonds is 7. The van der Waals surface area contributed by atoms with E-state index in [1.807, 2.05) is 0 Å². The van der Waals surface area contributed by atoms with Gasteiger partial charge < -0.3 is 5.32 Å². The Morgan fingerprint density at radius 1 is 1.19 bits per heavy atom. The molecule has 21 heavy (non-hydrogen) atoms. The maximum Gasteiger partial charge on any atom is 0.0353 e. The van der Waals surface area contributed by atoms with Crippen molar-refractivity contribution in [2.24, 2.45) is 5.92 Å². The van der Waals surface area contributed by atoms with E-state index >= 15 is 0 Å². The first kappa shape index (κ1) is 16.5. The third kappa shape index (κ3) is 4.82. The number of likely N-dealkylation sites (tertiary alicyclic amines) is 1.